The number of hydrogen-bond acceptors (Lipinski definition) is 6. The van der Waals surface area contributed by atoms with E-state index in [-0.39, 0.29) is 0 Å². The molecule has 0 radical (unpaired) electrons. The highest BCUT2D eigenvalue weighted by Crippen LogP contribution is 2.31. The minimum absolute atomic E-state index is 0.922. The highest BCUT2D eigenvalue weighted by Gasteiger charge is 2.17. The molecule has 0 fully saturated rings. The van der Waals surface area contributed by atoms with Gasteiger partial charge in [0.15, 0.2) is 0 Å². The number of hydrogen-bond donors (Lipinski definition) is 2. The van der Waals surface area contributed by atoms with Crippen molar-refractivity contribution in [3.05, 3.63) is 53.8 Å². The van der Waals surface area contributed by atoms with Gasteiger partial charge < -0.3 is 10.3 Å². The summed E-state index contributed by atoms with van der Waals surface area (Å²) in [4.78, 5) is 17.5. The molecule has 6 nitrogen and oxygen atoms in total. The van der Waals surface area contributed by atoms with Gasteiger partial charge in [-0.15, -0.1) is 11.3 Å². The van der Waals surface area contributed by atoms with Gasteiger partial charge in [0.25, 0.3) is 0 Å². The summed E-state index contributed by atoms with van der Waals surface area (Å²) in [5.41, 5.74) is 8.54. The van der Waals surface area contributed by atoms with Gasteiger partial charge in [0, 0.05) is 36.1 Å². The molecule has 1 aliphatic rings. The predicted molar refractivity (Wildman–Crippen MR) is 131 cm³/mol. The lowest BCUT2D eigenvalue weighted by Crippen LogP contribution is -2.39. The lowest BCUT2D eigenvalue weighted by Gasteiger charge is -2.31. The number of nitrogens with zero attached hydrogens (tertiary/aromatic N) is 4. The second kappa shape index (κ2) is 8.78. The number of rotatable bonds is 7. The fourth-order valence-corrected chi connectivity index (χ4v) is 4.90. The van der Waals surface area contributed by atoms with Crippen molar-refractivity contribution in [2.24, 2.45) is 0 Å². The zero-order valence-corrected chi connectivity index (χ0v) is 18.9. The Kier molecular flexibility index (Phi) is 5.72. The van der Waals surface area contributed by atoms with Crippen LogP contribution in [0.4, 0.5) is 11.4 Å². The first kappa shape index (κ1) is 20.2. The predicted octanol–water partition coefficient (Wildman–Crippen LogP) is 5.30. The zero-order valence-electron chi connectivity index (χ0n) is 18.1. The van der Waals surface area contributed by atoms with Crippen LogP contribution in [-0.2, 0) is 0 Å². The van der Waals surface area contributed by atoms with Crippen molar-refractivity contribution < 1.29 is 0 Å². The van der Waals surface area contributed by atoms with Gasteiger partial charge in [0.2, 0.25) is 0 Å². The van der Waals surface area contributed by atoms with Crippen molar-refractivity contribution in [3.63, 3.8) is 0 Å². The van der Waals surface area contributed by atoms with Gasteiger partial charge in [0.1, 0.15) is 5.65 Å². The Labute approximate surface area is 186 Å². The maximum absolute atomic E-state index is 4.57. The Morgan fingerprint density at radius 1 is 1.16 bits per heavy atom. The van der Waals surface area contributed by atoms with E-state index in [2.05, 4.69) is 74.3 Å². The van der Waals surface area contributed by atoms with E-state index in [4.69, 9.17) is 0 Å². The molecule has 1 aromatic carbocycles. The molecule has 0 atom stereocenters. The minimum atomic E-state index is 0.922. The molecule has 0 spiro atoms. The topological polar surface area (TPSA) is 60.1 Å². The zero-order chi connectivity index (χ0) is 21.2. The smallest absolute Gasteiger partial charge is 0.139 e. The molecule has 5 rings (SSSR count). The molecular formula is C24H28N6S. The van der Waals surface area contributed by atoms with Crippen molar-refractivity contribution >= 4 is 49.5 Å². The summed E-state index contributed by atoms with van der Waals surface area (Å²) in [6, 6.07) is 10.6. The second-order valence-corrected chi connectivity index (χ2v) is 8.85. The van der Waals surface area contributed by atoms with Gasteiger partial charge in [0.05, 0.1) is 28.1 Å². The van der Waals surface area contributed by atoms with Crippen LogP contribution in [0.2, 0.25) is 0 Å². The van der Waals surface area contributed by atoms with E-state index in [1.54, 1.807) is 11.3 Å². The van der Waals surface area contributed by atoms with Crippen LogP contribution in [-0.4, -0.2) is 57.6 Å². The monoisotopic (exact) mass is 432 g/mol. The molecule has 1 aliphatic heterocycles. The maximum atomic E-state index is 4.57. The highest BCUT2D eigenvalue weighted by molar-refractivity contribution is 7.16. The quantitative estimate of drug-likeness (QED) is 0.415. The van der Waals surface area contributed by atoms with Gasteiger partial charge in [-0.05, 0) is 55.4 Å². The molecule has 0 bridgehead atoms. The molecule has 160 valence electrons. The van der Waals surface area contributed by atoms with Crippen molar-refractivity contribution in [2.75, 3.05) is 38.2 Å². The van der Waals surface area contributed by atoms with E-state index in [0.29, 0.717) is 0 Å². The molecule has 0 saturated heterocycles. The van der Waals surface area contributed by atoms with Crippen LogP contribution in [0.15, 0.2) is 48.1 Å². The fourth-order valence-electron chi connectivity index (χ4n) is 4.19. The van der Waals surface area contributed by atoms with Gasteiger partial charge in [-0.3, -0.25) is 9.80 Å². The van der Waals surface area contributed by atoms with E-state index < -0.39 is 0 Å². The summed E-state index contributed by atoms with van der Waals surface area (Å²) in [7, 11) is 0. The first-order chi connectivity index (χ1) is 15.2. The van der Waals surface area contributed by atoms with E-state index in [9.17, 15) is 0 Å². The minimum Gasteiger partial charge on any atom is -0.355 e. The molecule has 0 aliphatic carbocycles. The van der Waals surface area contributed by atoms with Gasteiger partial charge >= 0.3 is 0 Å². The molecule has 3 aromatic heterocycles. The van der Waals surface area contributed by atoms with Crippen LogP contribution in [0.3, 0.4) is 0 Å². The van der Waals surface area contributed by atoms with Crippen LogP contribution >= 0.6 is 11.3 Å². The third-order valence-electron chi connectivity index (χ3n) is 6.08. The van der Waals surface area contributed by atoms with E-state index in [0.717, 1.165) is 67.2 Å². The van der Waals surface area contributed by atoms with Crippen LogP contribution in [0.1, 0.15) is 26.0 Å². The maximum Gasteiger partial charge on any atom is 0.139 e. The molecule has 2 N–H and O–H groups in total. The van der Waals surface area contributed by atoms with Gasteiger partial charge in [-0.25, -0.2) is 9.97 Å². The standard InChI is InChI=1S/C24H28N6S/c1-3-29(4-2)16-30-11-8-17(9-12-30)22-14-19-20(7-10-25-24(19)28-22)27-18-5-6-21-23(13-18)31-15-26-21/h5-8,10,13-15H,3-4,9,11-12,16H2,1-2H3,(H2,25,27,28). The molecule has 4 aromatic rings. The Morgan fingerprint density at radius 3 is 2.87 bits per heavy atom. The molecule has 0 unspecified atom stereocenters. The third kappa shape index (κ3) is 4.21. The van der Waals surface area contributed by atoms with Crippen LogP contribution < -0.4 is 5.32 Å². The van der Waals surface area contributed by atoms with Crippen molar-refractivity contribution in [2.45, 2.75) is 20.3 Å². The summed E-state index contributed by atoms with van der Waals surface area (Å²) in [5, 5.41) is 4.69. The Morgan fingerprint density at radius 2 is 2.06 bits per heavy atom. The molecule has 0 saturated carbocycles. The summed E-state index contributed by atoms with van der Waals surface area (Å²) >= 11 is 1.66. The molecule has 31 heavy (non-hydrogen) atoms. The molecule has 0 amide bonds. The summed E-state index contributed by atoms with van der Waals surface area (Å²) in [6.45, 7) is 9.79. The Bertz CT molecular complexity index is 1220. The number of H-pyrrole nitrogens is 1. The number of aromatic amines is 1. The number of aromatic nitrogens is 3. The van der Waals surface area contributed by atoms with Crippen molar-refractivity contribution in [1.82, 2.24) is 24.8 Å². The highest BCUT2D eigenvalue weighted by atomic mass is 32.1. The van der Waals surface area contributed by atoms with Crippen LogP contribution in [0, 0.1) is 0 Å². The summed E-state index contributed by atoms with van der Waals surface area (Å²) < 4.78 is 1.19. The van der Waals surface area contributed by atoms with Crippen LogP contribution in [0.25, 0.3) is 26.8 Å². The van der Waals surface area contributed by atoms with Crippen molar-refractivity contribution in [3.8, 4) is 0 Å². The SMILES string of the molecule is CCN(CC)CN1CC=C(c2cc3c(Nc4ccc5ncsc5c4)ccnc3[nH]2)CC1. The van der Waals surface area contributed by atoms with Crippen LogP contribution in [0.5, 0.6) is 0 Å². The average Bonchev–Trinajstić information content (AvgIpc) is 3.45. The Hall–Kier alpha value is -2.74. The molecular weight excluding hydrogens is 404 g/mol. The molecule has 4 heterocycles. The largest absolute Gasteiger partial charge is 0.355 e. The first-order valence-electron chi connectivity index (χ1n) is 11.0. The number of nitrogens with one attached hydrogen (secondary N) is 2. The lowest BCUT2D eigenvalue weighted by molar-refractivity contribution is 0.152. The van der Waals surface area contributed by atoms with E-state index in [1.165, 1.54) is 16.0 Å². The van der Waals surface area contributed by atoms with E-state index in [1.807, 2.05) is 17.8 Å². The van der Waals surface area contributed by atoms with Gasteiger partial charge in [-0.2, -0.15) is 0 Å². The van der Waals surface area contributed by atoms with E-state index >= 15 is 0 Å². The third-order valence-corrected chi connectivity index (χ3v) is 6.87. The second-order valence-electron chi connectivity index (χ2n) is 7.96. The normalized spacial score (nSPS) is 15.1. The molecule has 7 heteroatoms. The number of thiazole rings is 1. The first-order valence-corrected chi connectivity index (χ1v) is 11.8. The number of anilines is 2. The number of fused-ring (bicyclic) bond motifs is 2. The average molecular weight is 433 g/mol. The number of pyridine rings is 1. The van der Waals surface area contributed by atoms with Gasteiger partial charge in [-0.1, -0.05) is 19.9 Å². The fraction of sp³-hybridized carbons (Fsp3) is 0.333. The summed E-state index contributed by atoms with van der Waals surface area (Å²) in [6.07, 6.45) is 5.28. The lowest BCUT2D eigenvalue weighted by atomic mass is 10.0. The Balaban J connectivity index is 1.36. The van der Waals surface area contributed by atoms with Crippen molar-refractivity contribution in [1.29, 1.82) is 0 Å². The number of benzene rings is 1. The summed E-state index contributed by atoms with van der Waals surface area (Å²) in [5.74, 6) is 0.